The molecule has 33 heavy (non-hydrogen) atoms. The maximum absolute atomic E-state index is 12.9. The zero-order valence-corrected chi connectivity index (χ0v) is 19.3. The van der Waals surface area contributed by atoms with E-state index in [0.29, 0.717) is 17.9 Å². The van der Waals surface area contributed by atoms with E-state index in [1.165, 1.54) is 23.3 Å². The number of aryl methyl sites for hydroxylation is 1. The maximum atomic E-state index is 12.9. The highest BCUT2D eigenvalue weighted by Crippen LogP contribution is 2.29. The number of nitrogens with zero attached hydrogens (tertiary/aromatic N) is 1. The summed E-state index contributed by atoms with van der Waals surface area (Å²) >= 11 is 0. The Balaban J connectivity index is 1.65. The molecule has 0 unspecified atom stereocenters. The van der Waals surface area contributed by atoms with Gasteiger partial charge in [-0.15, -0.1) is 0 Å². The third kappa shape index (κ3) is 6.71. The third-order valence-electron chi connectivity index (χ3n) is 5.51. The number of furan rings is 1. The van der Waals surface area contributed by atoms with Crippen molar-refractivity contribution in [1.82, 2.24) is 10.2 Å². The summed E-state index contributed by atoms with van der Waals surface area (Å²) in [6.45, 7) is 9.66. The van der Waals surface area contributed by atoms with Crippen LogP contribution in [0.4, 0.5) is 13.2 Å². The molecule has 0 aliphatic carbocycles. The first kappa shape index (κ1) is 24.6. The summed E-state index contributed by atoms with van der Waals surface area (Å²) in [6.07, 6.45) is -4.42. The molecule has 0 atom stereocenters. The molecule has 1 amide bonds. The number of hydrogen-bond donors (Lipinski definition) is 1. The number of halogens is 3. The second-order valence-corrected chi connectivity index (χ2v) is 9.10. The van der Waals surface area contributed by atoms with E-state index in [0.717, 1.165) is 18.7 Å². The highest BCUT2D eigenvalue weighted by atomic mass is 19.4. The van der Waals surface area contributed by atoms with Gasteiger partial charge in [0.05, 0.1) is 12.1 Å². The van der Waals surface area contributed by atoms with Gasteiger partial charge in [-0.2, -0.15) is 13.2 Å². The minimum absolute atomic E-state index is 0.0276. The third-order valence-corrected chi connectivity index (χ3v) is 5.51. The molecule has 4 nitrogen and oxygen atoms in total. The molecule has 3 rings (SSSR count). The Kier molecular flexibility index (Phi) is 7.32. The van der Waals surface area contributed by atoms with Crippen molar-refractivity contribution in [2.24, 2.45) is 0 Å². The fourth-order valence-corrected chi connectivity index (χ4v) is 3.42. The number of carbonyl (C=O) groups is 1. The minimum atomic E-state index is -4.42. The molecule has 0 aliphatic rings. The van der Waals surface area contributed by atoms with Gasteiger partial charge in [0.15, 0.2) is 5.76 Å². The number of carbonyl (C=O) groups excluding carboxylic acids is 1. The average Bonchev–Trinajstić information content (AvgIpc) is 3.21. The Hall–Kier alpha value is -3.06. The molecular formula is C26H29F3N2O2. The van der Waals surface area contributed by atoms with Gasteiger partial charge in [0.25, 0.3) is 5.91 Å². The maximum Gasteiger partial charge on any atom is 0.416 e. The second kappa shape index (κ2) is 9.83. The fourth-order valence-electron chi connectivity index (χ4n) is 3.42. The van der Waals surface area contributed by atoms with Crippen LogP contribution in [-0.2, 0) is 25.8 Å². The molecule has 2 aromatic carbocycles. The van der Waals surface area contributed by atoms with Crippen molar-refractivity contribution in [1.29, 1.82) is 0 Å². The SMILES string of the molecule is Cc1ccccc1CN(Cc1ccc(C(=O)NCc2cccc(C(F)(F)F)c2)o1)C(C)(C)C. The lowest BCUT2D eigenvalue weighted by Gasteiger charge is -2.35. The van der Waals surface area contributed by atoms with Crippen molar-refractivity contribution in [2.45, 2.75) is 59.0 Å². The summed E-state index contributed by atoms with van der Waals surface area (Å²) in [6, 6.07) is 16.4. The highest BCUT2D eigenvalue weighted by Gasteiger charge is 2.30. The summed E-state index contributed by atoms with van der Waals surface area (Å²) in [5.41, 5.74) is 1.91. The van der Waals surface area contributed by atoms with Crippen LogP contribution < -0.4 is 5.32 Å². The monoisotopic (exact) mass is 458 g/mol. The molecule has 1 heterocycles. The lowest BCUT2D eigenvalue weighted by atomic mass is 10.0. The molecule has 176 valence electrons. The molecule has 1 N–H and O–H groups in total. The van der Waals surface area contributed by atoms with Gasteiger partial charge in [-0.3, -0.25) is 9.69 Å². The van der Waals surface area contributed by atoms with Crippen LogP contribution >= 0.6 is 0 Å². The van der Waals surface area contributed by atoms with Gasteiger partial charge in [0, 0.05) is 18.6 Å². The molecule has 0 spiro atoms. The number of nitrogens with one attached hydrogen (secondary N) is 1. The van der Waals surface area contributed by atoms with Gasteiger partial charge in [-0.25, -0.2) is 0 Å². The summed E-state index contributed by atoms with van der Waals surface area (Å²) in [5, 5.41) is 2.62. The van der Waals surface area contributed by atoms with Gasteiger partial charge >= 0.3 is 6.18 Å². The smallest absolute Gasteiger partial charge is 0.416 e. The van der Waals surface area contributed by atoms with E-state index in [1.54, 1.807) is 12.1 Å². The first-order valence-electron chi connectivity index (χ1n) is 10.8. The van der Waals surface area contributed by atoms with Crippen LogP contribution in [0.15, 0.2) is 65.1 Å². The van der Waals surface area contributed by atoms with Gasteiger partial charge in [0.2, 0.25) is 0 Å². The largest absolute Gasteiger partial charge is 0.455 e. The molecule has 0 saturated heterocycles. The van der Waals surface area contributed by atoms with Gasteiger partial charge in [-0.1, -0.05) is 36.4 Å². The molecule has 0 aliphatic heterocycles. The summed E-state index contributed by atoms with van der Waals surface area (Å²) in [5.74, 6) is 0.296. The Morgan fingerprint density at radius 1 is 0.970 bits per heavy atom. The molecule has 1 aromatic heterocycles. The van der Waals surface area contributed by atoms with Crippen LogP contribution in [0.1, 0.15) is 59.3 Å². The van der Waals surface area contributed by atoms with E-state index in [9.17, 15) is 18.0 Å². The second-order valence-electron chi connectivity index (χ2n) is 9.10. The molecule has 0 saturated carbocycles. The van der Waals surface area contributed by atoms with Gasteiger partial charge in [0.1, 0.15) is 5.76 Å². The van der Waals surface area contributed by atoms with Crippen molar-refractivity contribution in [3.05, 3.63) is 94.4 Å². The van der Waals surface area contributed by atoms with E-state index < -0.39 is 17.6 Å². The Morgan fingerprint density at radius 3 is 2.36 bits per heavy atom. The lowest BCUT2D eigenvalue weighted by molar-refractivity contribution is -0.137. The zero-order valence-electron chi connectivity index (χ0n) is 19.3. The number of amides is 1. The fraction of sp³-hybridized carbons (Fsp3) is 0.346. The normalized spacial score (nSPS) is 12.2. The lowest BCUT2D eigenvalue weighted by Crippen LogP contribution is -2.40. The predicted molar refractivity (Wildman–Crippen MR) is 122 cm³/mol. The average molecular weight is 459 g/mol. The molecule has 7 heteroatoms. The van der Waals surface area contributed by atoms with E-state index in [1.807, 2.05) is 12.1 Å². The summed E-state index contributed by atoms with van der Waals surface area (Å²) in [4.78, 5) is 14.8. The molecular weight excluding hydrogens is 429 g/mol. The topological polar surface area (TPSA) is 45.5 Å². The van der Waals surface area contributed by atoms with Crippen LogP contribution in [0.3, 0.4) is 0 Å². The van der Waals surface area contributed by atoms with Crippen LogP contribution in [0.2, 0.25) is 0 Å². The van der Waals surface area contributed by atoms with Crippen LogP contribution in [0, 0.1) is 6.92 Å². The van der Waals surface area contributed by atoms with Gasteiger partial charge < -0.3 is 9.73 Å². The number of benzene rings is 2. The van der Waals surface area contributed by atoms with Crippen molar-refractivity contribution in [3.8, 4) is 0 Å². The summed E-state index contributed by atoms with van der Waals surface area (Å²) in [7, 11) is 0. The molecule has 3 aromatic rings. The summed E-state index contributed by atoms with van der Waals surface area (Å²) < 4.78 is 44.4. The van der Waals surface area contributed by atoms with E-state index >= 15 is 0 Å². The number of alkyl halides is 3. The van der Waals surface area contributed by atoms with Gasteiger partial charge in [-0.05, 0) is 68.7 Å². The standard InChI is InChI=1S/C26H29F3N2O2/c1-18-8-5-6-10-20(18)16-31(25(2,3)4)17-22-12-13-23(33-22)24(32)30-15-19-9-7-11-21(14-19)26(27,28)29/h5-14H,15-17H2,1-4H3,(H,30,32). The van der Waals surface area contributed by atoms with Crippen LogP contribution in [-0.4, -0.2) is 16.3 Å². The van der Waals surface area contributed by atoms with E-state index in [2.05, 4.69) is 50.0 Å². The Labute approximate surface area is 192 Å². The minimum Gasteiger partial charge on any atom is -0.455 e. The number of hydrogen-bond acceptors (Lipinski definition) is 3. The van der Waals surface area contributed by atoms with Crippen molar-refractivity contribution < 1.29 is 22.4 Å². The van der Waals surface area contributed by atoms with Crippen LogP contribution in [0.25, 0.3) is 0 Å². The van der Waals surface area contributed by atoms with E-state index in [4.69, 9.17) is 4.42 Å². The Bertz CT molecular complexity index is 1100. The molecule has 0 radical (unpaired) electrons. The zero-order chi connectivity index (χ0) is 24.2. The quantitative estimate of drug-likeness (QED) is 0.450. The first-order valence-corrected chi connectivity index (χ1v) is 10.8. The predicted octanol–water partition coefficient (Wildman–Crippen LogP) is 6.34. The molecule has 0 fully saturated rings. The molecule has 0 bridgehead atoms. The Morgan fingerprint density at radius 2 is 1.70 bits per heavy atom. The van der Waals surface area contributed by atoms with Crippen molar-refractivity contribution in [2.75, 3.05) is 0 Å². The van der Waals surface area contributed by atoms with Crippen molar-refractivity contribution in [3.63, 3.8) is 0 Å². The first-order chi connectivity index (χ1) is 15.4. The number of rotatable bonds is 7. The highest BCUT2D eigenvalue weighted by molar-refractivity contribution is 5.91. The van der Waals surface area contributed by atoms with Crippen LogP contribution in [0.5, 0.6) is 0 Å². The van der Waals surface area contributed by atoms with Crippen molar-refractivity contribution >= 4 is 5.91 Å². The van der Waals surface area contributed by atoms with E-state index in [-0.39, 0.29) is 17.8 Å².